The minimum absolute atomic E-state index is 0.0626. The van der Waals surface area contributed by atoms with Crippen LogP contribution >= 0.6 is 11.6 Å². The lowest BCUT2D eigenvalue weighted by Gasteiger charge is -2.48. The van der Waals surface area contributed by atoms with Crippen LogP contribution in [0.3, 0.4) is 0 Å². The lowest BCUT2D eigenvalue weighted by atomic mass is 10.0. The molecule has 3 heterocycles. The van der Waals surface area contributed by atoms with E-state index in [1.54, 1.807) is 17.2 Å². The van der Waals surface area contributed by atoms with Gasteiger partial charge in [-0.25, -0.2) is 9.78 Å². The number of carbonyl (C=O) groups excluding carboxylic acids is 1. The van der Waals surface area contributed by atoms with Gasteiger partial charge in [0, 0.05) is 30.9 Å². The van der Waals surface area contributed by atoms with Gasteiger partial charge in [0.2, 0.25) is 0 Å². The van der Waals surface area contributed by atoms with Gasteiger partial charge in [-0.05, 0) is 25.6 Å². The lowest BCUT2D eigenvalue weighted by molar-refractivity contribution is 0.180. The number of amides is 2. The number of fused-ring (bicyclic) bond motifs is 1. The number of nitrogens with two attached hydrogens (primary N) is 1. The van der Waals surface area contributed by atoms with Gasteiger partial charge in [0.15, 0.2) is 0 Å². The van der Waals surface area contributed by atoms with Crippen LogP contribution in [0.4, 0.5) is 22.0 Å². The predicted octanol–water partition coefficient (Wildman–Crippen LogP) is 2.89. The van der Waals surface area contributed by atoms with E-state index in [4.69, 9.17) is 17.3 Å². The Balaban J connectivity index is 1.82. The third-order valence-electron chi connectivity index (χ3n) is 4.88. The fraction of sp³-hybridized carbons (Fsp3) is 0.333. The van der Waals surface area contributed by atoms with Crippen LogP contribution in [0.2, 0.25) is 5.02 Å². The van der Waals surface area contributed by atoms with Crippen molar-refractivity contribution in [2.45, 2.75) is 19.5 Å². The third kappa shape index (κ3) is 2.62. The van der Waals surface area contributed by atoms with Crippen molar-refractivity contribution in [2.24, 2.45) is 0 Å². The monoisotopic (exact) mass is 357 g/mol. The molecule has 0 spiro atoms. The molecular formula is C18H20ClN5O. The van der Waals surface area contributed by atoms with Gasteiger partial charge in [-0.3, -0.25) is 9.80 Å². The van der Waals surface area contributed by atoms with Crippen molar-refractivity contribution in [2.75, 3.05) is 35.7 Å². The number of likely N-dealkylation sites (tertiary alicyclic amines) is 1. The Bertz CT molecular complexity index is 829. The Hall–Kier alpha value is -2.31. The van der Waals surface area contributed by atoms with Crippen LogP contribution in [0.1, 0.15) is 11.1 Å². The summed E-state index contributed by atoms with van der Waals surface area (Å²) in [4.78, 5) is 23.3. The van der Waals surface area contributed by atoms with Gasteiger partial charge < -0.3 is 10.6 Å². The summed E-state index contributed by atoms with van der Waals surface area (Å²) in [6.07, 6.45) is 1.76. The minimum atomic E-state index is -0.0626. The Kier molecular flexibility index (Phi) is 3.81. The van der Waals surface area contributed by atoms with E-state index < -0.39 is 0 Å². The maximum atomic E-state index is 13.4. The third-order valence-corrected chi connectivity index (χ3v) is 5.18. The molecule has 130 valence electrons. The number of nitrogens with zero attached hydrogens (tertiary/aromatic N) is 4. The maximum absolute atomic E-state index is 13.4. The molecule has 1 aromatic heterocycles. The zero-order valence-corrected chi connectivity index (χ0v) is 15.0. The van der Waals surface area contributed by atoms with Crippen LogP contribution in [0.15, 0.2) is 30.5 Å². The van der Waals surface area contributed by atoms with E-state index in [0.717, 1.165) is 35.6 Å². The van der Waals surface area contributed by atoms with E-state index in [9.17, 15) is 4.79 Å². The summed E-state index contributed by atoms with van der Waals surface area (Å²) in [5, 5.41) is 0.575. The highest BCUT2D eigenvalue weighted by Crippen LogP contribution is 2.38. The van der Waals surface area contributed by atoms with Crippen LogP contribution in [0.5, 0.6) is 0 Å². The molecule has 0 radical (unpaired) electrons. The zero-order chi connectivity index (χ0) is 17.7. The fourth-order valence-corrected chi connectivity index (χ4v) is 3.95. The number of aryl methyl sites for hydroxylation is 1. The van der Waals surface area contributed by atoms with E-state index in [2.05, 4.69) is 9.88 Å². The standard InChI is InChI=1S/C18H20ClN5O/c1-11-4-3-5-14(19)17(11)23-8-12-7-21-16(20)6-15(12)24(18(23)25)13-9-22(2)10-13/h3-7,13H,8-10H2,1-2H3,(H2,20,21). The normalized spacial score (nSPS) is 18.3. The molecule has 2 aliphatic heterocycles. The van der Waals surface area contributed by atoms with E-state index in [1.807, 2.05) is 37.1 Å². The summed E-state index contributed by atoms with van der Waals surface area (Å²) in [6.45, 7) is 4.07. The Morgan fingerprint density at radius 1 is 1.32 bits per heavy atom. The van der Waals surface area contributed by atoms with Crippen LogP contribution < -0.4 is 15.5 Å². The number of hydrogen-bond acceptors (Lipinski definition) is 4. The second kappa shape index (κ2) is 5.89. The van der Waals surface area contributed by atoms with Gasteiger partial charge in [0.25, 0.3) is 0 Å². The smallest absolute Gasteiger partial charge is 0.329 e. The van der Waals surface area contributed by atoms with Gasteiger partial charge in [0.05, 0.1) is 29.0 Å². The van der Waals surface area contributed by atoms with Crippen LogP contribution in [0, 0.1) is 6.92 Å². The maximum Gasteiger partial charge on any atom is 0.329 e. The van der Waals surface area contributed by atoms with Crippen molar-refractivity contribution in [1.29, 1.82) is 0 Å². The number of pyridine rings is 1. The molecule has 2 amide bonds. The number of rotatable bonds is 2. The van der Waals surface area contributed by atoms with Crippen molar-refractivity contribution < 1.29 is 4.79 Å². The lowest BCUT2D eigenvalue weighted by Crippen LogP contribution is -2.63. The number of hydrogen-bond donors (Lipinski definition) is 1. The molecule has 1 saturated heterocycles. The SMILES string of the molecule is Cc1cccc(Cl)c1N1Cc2cnc(N)cc2N(C2CN(C)C2)C1=O. The molecule has 0 saturated carbocycles. The van der Waals surface area contributed by atoms with Gasteiger partial charge in [-0.15, -0.1) is 0 Å². The number of para-hydroxylation sites is 1. The summed E-state index contributed by atoms with van der Waals surface area (Å²) in [5.41, 5.74) is 9.44. The van der Waals surface area contributed by atoms with E-state index in [-0.39, 0.29) is 12.1 Å². The number of aromatic nitrogens is 1. The first-order valence-electron chi connectivity index (χ1n) is 8.24. The second-order valence-electron chi connectivity index (χ2n) is 6.76. The molecule has 2 N–H and O–H groups in total. The fourth-order valence-electron chi connectivity index (χ4n) is 3.63. The van der Waals surface area contributed by atoms with Gasteiger partial charge in [-0.2, -0.15) is 0 Å². The highest BCUT2D eigenvalue weighted by molar-refractivity contribution is 6.34. The van der Waals surface area contributed by atoms with Crippen LogP contribution in [-0.2, 0) is 6.54 Å². The van der Waals surface area contributed by atoms with Crippen molar-refractivity contribution >= 4 is 34.8 Å². The summed E-state index contributed by atoms with van der Waals surface area (Å²) in [6, 6.07) is 7.53. The predicted molar refractivity (Wildman–Crippen MR) is 100 cm³/mol. The first-order valence-corrected chi connectivity index (χ1v) is 8.62. The molecule has 7 heteroatoms. The van der Waals surface area contributed by atoms with E-state index in [1.165, 1.54) is 0 Å². The molecule has 25 heavy (non-hydrogen) atoms. The molecule has 0 bridgehead atoms. The number of nitrogen functional groups attached to an aromatic ring is 1. The van der Waals surface area contributed by atoms with Gasteiger partial charge in [-0.1, -0.05) is 23.7 Å². The largest absolute Gasteiger partial charge is 0.384 e. The summed E-state index contributed by atoms with van der Waals surface area (Å²) < 4.78 is 0. The first kappa shape index (κ1) is 16.2. The summed E-state index contributed by atoms with van der Waals surface area (Å²) in [7, 11) is 2.04. The molecule has 1 aromatic carbocycles. The molecule has 0 aliphatic carbocycles. The molecule has 2 aliphatic rings. The van der Waals surface area contributed by atoms with Gasteiger partial charge in [0.1, 0.15) is 5.82 Å². The van der Waals surface area contributed by atoms with Crippen molar-refractivity contribution in [3.05, 3.63) is 46.6 Å². The summed E-state index contributed by atoms with van der Waals surface area (Å²) in [5.74, 6) is 0.423. The van der Waals surface area contributed by atoms with Crippen LogP contribution in [-0.4, -0.2) is 42.1 Å². The molecule has 0 atom stereocenters. The molecule has 4 rings (SSSR count). The number of urea groups is 1. The molecular weight excluding hydrogens is 338 g/mol. The van der Waals surface area contributed by atoms with Gasteiger partial charge >= 0.3 is 6.03 Å². The number of carbonyl (C=O) groups is 1. The Morgan fingerprint density at radius 3 is 2.76 bits per heavy atom. The van der Waals surface area contributed by atoms with Crippen molar-refractivity contribution in [1.82, 2.24) is 9.88 Å². The minimum Gasteiger partial charge on any atom is -0.384 e. The number of likely N-dealkylation sites (N-methyl/N-ethyl adjacent to an activating group) is 1. The highest BCUT2D eigenvalue weighted by Gasteiger charge is 2.41. The average Bonchev–Trinajstić information content (AvgIpc) is 2.53. The topological polar surface area (TPSA) is 65.7 Å². The van der Waals surface area contributed by atoms with E-state index in [0.29, 0.717) is 17.4 Å². The summed E-state index contributed by atoms with van der Waals surface area (Å²) >= 11 is 6.42. The quantitative estimate of drug-likeness (QED) is 0.897. The van der Waals surface area contributed by atoms with Crippen molar-refractivity contribution in [3.8, 4) is 0 Å². The number of anilines is 3. The van der Waals surface area contributed by atoms with E-state index >= 15 is 0 Å². The average molecular weight is 358 g/mol. The van der Waals surface area contributed by atoms with Crippen LogP contribution in [0.25, 0.3) is 0 Å². The molecule has 2 aromatic rings. The number of benzene rings is 1. The number of halogens is 1. The molecule has 1 fully saturated rings. The first-order chi connectivity index (χ1) is 12.0. The molecule has 0 unspecified atom stereocenters. The zero-order valence-electron chi connectivity index (χ0n) is 14.2. The Morgan fingerprint density at radius 2 is 2.08 bits per heavy atom. The molecule has 6 nitrogen and oxygen atoms in total. The highest BCUT2D eigenvalue weighted by atomic mass is 35.5. The Labute approximate surface area is 151 Å². The van der Waals surface area contributed by atoms with Crippen molar-refractivity contribution in [3.63, 3.8) is 0 Å². The second-order valence-corrected chi connectivity index (χ2v) is 7.16.